The first-order chi connectivity index (χ1) is 9.13. The number of hydrogen-bond donors (Lipinski definition) is 0. The largest absolute Gasteiger partial charge is 0.329 e. The molecule has 0 aliphatic carbocycles. The van der Waals surface area contributed by atoms with Crippen LogP contribution in [0, 0.1) is 6.92 Å². The van der Waals surface area contributed by atoms with Crippen LogP contribution in [0.25, 0.3) is 0 Å². The molecule has 0 aliphatic heterocycles. The van der Waals surface area contributed by atoms with Crippen LogP contribution in [0.5, 0.6) is 0 Å². The maximum absolute atomic E-state index is 5.95. The van der Waals surface area contributed by atoms with Gasteiger partial charge in [-0.25, -0.2) is 4.98 Å². The molecule has 2 rings (SSSR count). The standard InChI is InChI=1S/C16H19ClN2/c1-4-14-9-13(11-17)10-16(18-14)19(3)15-7-5-12(2)6-8-15/h5-10H,4,11H2,1-3H3. The van der Waals surface area contributed by atoms with Crippen LogP contribution in [0.3, 0.4) is 0 Å². The number of anilines is 2. The quantitative estimate of drug-likeness (QED) is 0.765. The van der Waals surface area contributed by atoms with Crippen LogP contribution in [-0.4, -0.2) is 12.0 Å². The highest BCUT2D eigenvalue weighted by atomic mass is 35.5. The molecule has 0 atom stereocenters. The summed E-state index contributed by atoms with van der Waals surface area (Å²) in [6.07, 6.45) is 0.916. The van der Waals surface area contributed by atoms with Gasteiger partial charge in [-0.3, -0.25) is 0 Å². The van der Waals surface area contributed by atoms with Crippen LogP contribution in [-0.2, 0) is 12.3 Å². The third-order valence-corrected chi connectivity index (χ3v) is 3.51. The molecule has 100 valence electrons. The predicted octanol–water partition coefficient (Wildman–Crippen LogP) is 4.46. The minimum absolute atomic E-state index is 0.518. The SMILES string of the molecule is CCc1cc(CCl)cc(N(C)c2ccc(C)cc2)n1. The lowest BCUT2D eigenvalue weighted by Crippen LogP contribution is -2.12. The van der Waals surface area contributed by atoms with Crippen LogP contribution < -0.4 is 4.90 Å². The first-order valence-electron chi connectivity index (χ1n) is 6.50. The van der Waals surface area contributed by atoms with Crippen molar-refractivity contribution < 1.29 is 0 Å². The normalized spacial score (nSPS) is 10.5. The Kier molecular flexibility index (Phi) is 4.43. The number of hydrogen-bond acceptors (Lipinski definition) is 2. The zero-order chi connectivity index (χ0) is 13.8. The number of halogens is 1. The summed E-state index contributed by atoms with van der Waals surface area (Å²) in [6, 6.07) is 12.5. The Morgan fingerprint density at radius 1 is 1.16 bits per heavy atom. The first kappa shape index (κ1) is 13.9. The fourth-order valence-corrected chi connectivity index (χ4v) is 2.12. The molecule has 0 fully saturated rings. The van der Waals surface area contributed by atoms with Gasteiger partial charge in [-0.15, -0.1) is 11.6 Å². The van der Waals surface area contributed by atoms with Gasteiger partial charge in [0, 0.05) is 24.3 Å². The molecular weight excluding hydrogens is 256 g/mol. The molecule has 2 aromatic rings. The van der Waals surface area contributed by atoms with Crippen LogP contribution in [0.4, 0.5) is 11.5 Å². The van der Waals surface area contributed by atoms with Crippen LogP contribution in [0.1, 0.15) is 23.7 Å². The van der Waals surface area contributed by atoms with Gasteiger partial charge in [0.1, 0.15) is 5.82 Å². The van der Waals surface area contributed by atoms with E-state index in [0.717, 1.165) is 29.2 Å². The Morgan fingerprint density at radius 2 is 1.84 bits per heavy atom. The molecule has 0 saturated carbocycles. The highest BCUT2D eigenvalue weighted by molar-refractivity contribution is 6.17. The molecular formula is C16H19ClN2. The Morgan fingerprint density at radius 3 is 2.42 bits per heavy atom. The number of benzene rings is 1. The van der Waals surface area contributed by atoms with Gasteiger partial charge >= 0.3 is 0 Å². The maximum Gasteiger partial charge on any atom is 0.133 e. The maximum atomic E-state index is 5.95. The van der Waals surface area contributed by atoms with Gasteiger partial charge in [0.15, 0.2) is 0 Å². The number of pyridine rings is 1. The minimum atomic E-state index is 0.518. The number of rotatable bonds is 4. The molecule has 2 nitrogen and oxygen atoms in total. The van der Waals surface area contributed by atoms with Crippen LogP contribution in [0.15, 0.2) is 36.4 Å². The van der Waals surface area contributed by atoms with E-state index in [9.17, 15) is 0 Å². The number of aryl methyl sites for hydroxylation is 2. The third-order valence-electron chi connectivity index (χ3n) is 3.21. The van der Waals surface area contributed by atoms with E-state index in [1.54, 1.807) is 0 Å². The van der Waals surface area contributed by atoms with Crippen molar-refractivity contribution in [3.63, 3.8) is 0 Å². The van der Waals surface area contributed by atoms with Crippen molar-refractivity contribution in [2.45, 2.75) is 26.1 Å². The van der Waals surface area contributed by atoms with Crippen molar-refractivity contribution in [2.75, 3.05) is 11.9 Å². The van der Waals surface area contributed by atoms with E-state index in [-0.39, 0.29) is 0 Å². The van der Waals surface area contributed by atoms with Gasteiger partial charge in [-0.1, -0.05) is 24.6 Å². The van der Waals surface area contributed by atoms with E-state index in [0.29, 0.717) is 5.88 Å². The van der Waals surface area contributed by atoms with E-state index in [2.05, 4.69) is 54.1 Å². The molecule has 1 heterocycles. The Bertz CT molecular complexity index is 527. The summed E-state index contributed by atoms with van der Waals surface area (Å²) in [4.78, 5) is 6.76. The molecule has 0 N–H and O–H groups in total. The average Bonchev–Trinajstić information content (AvgIpc) is 2.46. The van der Waals surface area contributed by atoms with Crippen molar-refractivity contribution in [3.8, 4) is 0 Å². The second kappa shape index (κ2) is 6.07. The molecule has 0 amide bonds. The summed E-state index contributed by atoms with van der Waals surface area (Å²) in [5.74, 6) is 1.46. The van der Waals surface area contributed by atoms with E-state index >= 15 is 0 Å². The molecule has 0 radical (unpaired) electrons. The fraction of sp³-hybridized carbons (Fsp3) is 0.312. The molecule has 3 heteroatoms. The summed E-state index contributed by atoms with van der Waals surface area (Å²) in [6.45, 7) is 4.20. The highest BCUT2D eigenvalue weighted by Gasteiger charge is 2.08. The molecule has 0 unspecified atom stereocenters. The topological polar surface area (TPSA) is 16.1 Å². The second-order valence-corrected chi connectivity index (χ2v) is 4.97. The Hall–Kier alpha value is -1.54. The summed E-state index contributed by atoms with van der Waals surface area (Å²) in [7, 11) is 2.03. The summed E-state index contributed by atoms with van der Waals surface area (Å²) >= 11 is 5.95. The van der Waals surface area contributed by atoms with E-state index in [1.165, 1.54) is 5.56 Å². The van der Waals surface area contributed by atoms with Gasteiger partial charge in [0.2, 0.25) is 0 Å². The summed E-state index contributed by atoms with van der Waals surface area (Å²) in [5, 5.41) is 0. The van der Waals surface area contributed by atoms with Crippen molar-refractivity contribution >= 4 is 23.1 Å². The third kappa shape index (κ3) is 3.27. The highest BCUT2D eigenvalue weighted by Crippen LogP contribution is 2.24. The van der Waals surface area contributed by atoms with Crippen LogP contribution in [0.2, 0.25) is 0 Å². The van der Waals surface area contributed by atoms with Crippen molar-refractivity contribution in [1.29, 1.82) is 0 Å². The first-order valence-corrected chi connectivity index (χ1v) is 7.03. The summed E-state index contributed by atoms with van der Waals surface area (Å²) < 4.78 is 0. The number of alkyl halides is 1. The van der Waals surface area contributed by atoms with Gasteiger partial charge in [-0.2, -0.15) is 0 Å². The molecule has 19 heavy (non-hydrogen) atoms. The summed E-state index contributed by atoms with van der Waals surface area (Å²) in [5.41, 5.74) is 4.58. The molecule has 0 bridgehead atoms. The minimum Gasteiger partial charge on any atom is -0.329 e. The number of nitrogens with zero attached hydrogens (tertiary/aromatic N) is 2. The van der Waals surface area contributed by atoms with Gasteiger partial charge in [-0.05, 0) is 43.2 Å². The molecule has 1 aromatic carbocycles. The lowest BCUT2D eigenvalue weighted by molar-refractivity contribution is 0.998. The smallest absolute Gasteiger partial charge is 0.133 e. The van der Waals surface area contributed by atoms with Gasteiger partial charge in [0.25, 0.3) is 0 Å². The Balaban J connectivity index is 2.37. The van der Waals surface area contributed by atoms with Crippen LogP contribution >= 0.6 is 11.6 Å². The average molecular weight is 275 g/mol. The van der Waals surface area contributed by atoms with E-state index in [4.69, 9.17) is 11.6 Å². The van der Waals surface area contributed by atoms with Gasteiger partial charge < -0.3 is 4.90 Å². The zero-order valence-electron chi connectivity index (χ0n) is 11.7. The van der Waals surface area contributed by atoms with E-state index in [1.807, 2.05) is 13.1 Å². The fourth-order valence-electron chi connectivity index (χ4n) is 1.96. The van der Waals surface area contributed by atoms with E-state index < -0.39 is 0 Å². The molecule has 1 aromatic heterocycles. The Labute approximate surface area is 120 Å². The van der Waals surface area contributed by atoms with Crippen molar-refractivity contribution in [2.24, 2.45) is 0 Å². The monoisotopic (exact) mass is 274 g/mol. The molecule has 0 saturated heterocycles. The lowest BCUT2D eigenvalue weighted by Gasteiger charge is -2.20. The van der Waals surface area contributed by atoms with Crippen molar-refractivity contribution in [1.82, 2.24) is 4.98 Å². The predicted molar refractivity (Wildman–Crippen MR) is 82.4 cm³/mol. The number of aromatic nitrogens is 1. The lowest BCUT2D eigenvalue weighted by atomic mass is 10.2. The second-order valence-electron chi connectivity index (χ2n) is 4.71. The molecule has 0 spiro atoms. The van der Waals surface area contributed by atoms with Crippen molar-refractivity contribution in [3.05, 3.63) is 53.2 Å². The molecule has 0 aliphatic rings. The zero-order valence-corrected chi connectivity index (χ0v) is 12.4. The van der Waals surface area contributed by atoms with Gasteiger partial charge in [0.05, 0.1) is 0 Å².